The minimum atomic E-state index is 1.10. The van der Waals surface area contributed by atoms with Crippen LogP contribution in [0.5, 0.6) is 0 Å². The summed E-state index contributed by atoms with van der Waals surface area (Å²) in [7, 11) is 0. The zero-order chi connectivity index (χ0) is 16.8. The van der Waals surface area contributed by atoms with Gasteiger partial charge in [-0.2, -0.15) is 9.13 Å². The first-order valence-corrected chi connectivity index (χ1v) is 9.60. The molecule has 0 N–H and O–H groups in total. The van der Waals surface area contributed by atoms with Crippen LogP contribution in [-0.4, -0.2) is 0 Å². The fraction of sp³-hybridized carbons (Fsp3) is 0.455. The van der Waals surface area contributed by atoms with Gasteiger partial charge < -0.3 is 0 Å². The highest BCUT2D eigenvalue weighted by atomic mass is 15.1. The molecule has 0 aliphatic heterocycles. The first kappa shape index (κ1) is 16.9. The van der Waals surface area contributed by atoms with Crippen molar-refractivity contribution in [2.24, 2.45) is 0 Å². The van der Waals surface area contributed by atoms with Crippen molar-refractivity contribution in [3.8, 4) is 0 Å². The molecule has 1 aromatic heterocycles. The zero-order valence-corrected chi connectivity index (χ0v) is 15.2. The molecular formula is C22H30N2+2. The molecule has 2 aromatic carbocycles. The topological polar surface area (TPSA) is 7.76 Å². The molecule has 0 saturated heterocycles. The highest BCUT2D eigenvalue weighted by Crippen LogP contribution is 2.14. The number of unbranched alkanes of at least 4 members (excludes halogenated alkanes) is 4. The van der Waals surface area contributed by atoms with Gasteiger partial charge in [-0.3, -0.25) is 0 Å². The molecule has 2 nitrogen and oxygen atoms in total. The number of fused-ring (bicyclic) bond motifs is 2. The molecule has 0 bridgehead atoms. The minimum Gasteiger partial charge on any atom is -0.181 e. The largest absolute Gasteiger partial charge is 0.278 e. The maximum atomic E-state index is 2.52. The summed E-state index contributed by atoms with van der Waals surface area (Å²) in [6.07, 6.45) is 7.60. The van der Waals surface area contributed by atoms with Crippen LogP contribution in [0.1, 0.15) is 52.4 Å². The number of rotatable bonds is 8. The van der Waals surface area contributed by atoms with Gasteiger partial charge in [0.05, 0.1) is 0 Å². The van der Waals surface area contributed by atoms with E-state index in [4.69, 9.17) is 0 Å². The van der Waals surface area contributed by atoms with Crippen molar-refractivity contribution in [2.75, 3.05) is 0 Å². The van der Waals surface area contributed by atoms with Crippen LogP contribution in [0.2, 0.25) is 0 Å². The summed E-state index contributed by atoms with van der Waals surface area (Å²) < 4.78 is 5.05. The number of hydrogen-bond acceptors (Lipinski definition) is 0. The first-order chi connectivity index (χ1) is 11.9. The maximum absolute atomic E-state index is 2.52. The monoisotopic (exact) mass is 322 g/mol. The van der Waals surface area contributed by atoms with Gasteiger partial charge in [-0.25, -0.2) is 0 Å². The fourth-order valence-electron chi connectivity index (χ4n) is 3.62. The molecule has 0 saturated carbocycles. The van der Waals surface area contributed by atoms with Crippen LogP contribution in [0, 0.1) is 0 Å². The Morgan fingerprint density at radius 2 is 0.875 bits per heavy atom. The van der Waals surface area contributed by atoms with Gasteiger partial charge in [0.1, 0.15) is 13.1 Å². The SMILES string of the molecule is CCCCC[n+]1c2ccccc2[n+](CCCCC)c2ccccc21. The van der Waals surface area contributed by atoms with E-state index < -0.39 is 0 Å². The predicted octanol–water partition coefficient (Wildman–Crippen LogP) is 4.95. The summed E-state index contributed by atoms with van der Waals surface area (Å²) >= 11 is 0. The average Bonchev–Trinajstić information content (AvgIpc) is 2.63. The summed E-state index contributed by atoms with van der Waals surface area (Å²) in [5.41, 5.74) is 5.46. The molecule has 3 rings (SSSR count). The van der Waals surface area contributed by atoms with Crippen LogP contribution < -0.4 is 9.13 Å². The maximum Gasteiger partial charge on any atom is 0.278 e. The minimum absolute atomic E-state index is 1.10. The molecule has 126 valence electrons. The van der Waals surface area contributed by atoms with E-state index in [1.807, 2.05) is 0 Å². The Kier molecular flexibility index (Phi) is 5.79. The Bertz CT molecular complexity index is 683. The van der Waals surface area contributed by atoms with Crippen LogP contribution in [0.3, 0.4) is 0 Å². The molecule has 0 amide bonds. The molecular weight excluding hydrogens is 292 g/mol. The third kappa shape index (κ3) is 3.43. The normalized spacial score (nSPS) is 11.4. The Hall–Kier alpha value is -1.96. The summed E-state index contributed by atoms with van der Waals surface area (Å²) in [5.74, 6) is 0. The summed E-state index contributed by atoms with van der Waals surface area (Å²) in [6, 6.07) is 17.8. The zero-order valence-electron chi connectivity index (χ0n) is 15.2. The van der Waals surface area contributed by atoms with Crippen LogP contribution in [0.15, 0.2) is 48.5 Å². The van der Waals surface area contributed by atoms with E-state index in [9.17, 15) is 0 Å². The average molecular weight is 322 g/mol. The van der Waals surface area contributed by atoms with E-state index in [0.29, 0.717) is 0 Å². The summed E-state index contributed by atoms with van der Waals surface area (Å²) in [4.78, 5) is 0. The van der Waals surface area contributed by atoms with Crippen LogP contribution in [-0.2, 0) is 13.1 Å². The van der Waals surface area contributed by atoms with Gasteiger partial charge in [0.25, 0.3) is 22.1 Å². The third-order valence-electron chi connectivity index (χ3n) is 4.90. The second-order valence-corrected chi connectivity index (χ2v) is 6.69. The molecule has 3 aromatic rings. The lowest BCUT2D eigenvalue weighted by Crippen LogP contribution is -2.45. The Labute approximate surface area is 145 Å². The van der Waals surface area contributed by atoms with E-state index in [2.05, 4.69) is 71.5 Å². The van der Waals surface area contributed by atoms with Gasteiger partial charge in [0.15, 0.2) is 0 Å². The van der Waals surface area contributed by atoms with Gasteiger partial charge in [-0.1, -0.05) is 51.0 Å². The quantitative estimate of drug-likeness (QED) is 0.315. The van der Waals surface area contributed by atoms with E-state index in [0.717, 1.165) is 13.1 Å². The smallest absolute Gasteiger partial charge is 0.181 e. The number of hydrogen-bond donors (Lipinski definition) is 0. The Morgan fingerprint density at radius 1 is 0.542 bits per heavy atom. The Balaban J connectivity index is 2.17. The summed E-state index contributed by atoms with van der Waals surface area (Å²) in [6.45, 7) is 6.75. The second-order valence-electron chi connectivity index (χ2n) is 6.69. The molecule has 0 unspecified atom stereocenters. The van der Waals surface area contributed by atoms with Gasteiger partial charge >= 0.3 is 0 Å². The fourth-order valence-corrected chi connectivity index (χ4v) is 3.62. The lowest BCUT2D eigenvalue weighted by Gasteiger charge is -2.07. The van der Waals surface area contributed by atoms with Crippen LogP contribution in [0.25, 0.3) is 22.1 Å². The second kappa shape index (κ2) is 8.23. The number of nitrogens with zero attached hydrogens (tertiary/aromatic N) is 2. The van der Waals surface area contributed by atoms with Crippen molar-refractivity contribution < 1.29 is 9.13 Å². The lowest BCUT2D eigenvalue weighted by atomic mass is 10.1. The van der Waals surface area contributed by atoms with Crippen molar-refractivity contribution in [3.63, 3.8) is 0 Å². The molecule has 0 aliphatic rings. The van der Waals surface area contributed by atoms with Crippen molar-refractivity contribution in [1.82, 2.24) is 0 Å². The molecule has 0 fully saturated rings. The highest BCUT2D eigenvalue weighted by molar-refractivity contribution is 5.75. The molecule has 2 heteroatoms. The molecule has 0 aliphatic carbocycles. The van der Waals surface area contributed by atoms with Gasteiger partial charge in [0, 0.05) is 37.1 Å². The number of benzene rings is 2. The Morgan fingerprint density at radius 3 is 1.17 bits per heavy atom. The highest BCUT2D eigenvalue weighted by Gasteiger charge is 2.25. The molecule has 1 heterocycles. The van der Waals surface area contributed by atoms with Crippen molar-refractivity contribution in [2.45, 2.75) is 65.5 Å². The van der Waals surface area contributed by atoms with Crippen LogP contribution >= 0.6 is 0 Å². The van der Waals surface area contributed by atoms with Crippen molar-refractivity contribution >= 4 is 22.1 Å². The van der Waals surface area contributed by atoms with Gasteiger partial charge in [-0.05, 0) is 12.8 Å². The van der Waals surface area contributed by atoms with E-state index in [1.165, 1.54) is 60.6 Å². The third-order valence-corrected chi connectivity index (χ3v) is 4.90. The molecule has 0 radical (unpaired) electrons. The van der Waals surface area contributed by atoms with Gasteiger partial charge in [-0.15, -0.1) is 0 Å². The van der Waals surface area contributed by atoms with E-state index in [1.54, 1.807) is 0 Å². The van der Waals surface area contributed by atoms with Crippen molar-refractivity contribution in [3.05, 3.63) is 48.5 Å². The van der Waals surface area contributed by atoms with Crippen molar-refractivity contribution in [1.29, 1.82) is 0 Å². The number of aromatic nitrogens is 2. The molecule has 0 spiro atoms. The summed E-state index contributed by atoms with van der Waals surface area (Å²) in [5, 5.41) is 0. The first-order valence-electron chi connectivity index (χ1n) is 9.60. The standard InChI is InChI=1S/C22H30N2/c1-3-5-11-17-23-19-13-7-9-15-21(19)24(18-12-6-4-2)22-16-10-8-14-20(22)23/h7-10,13-16H,3-6,11-12,17-18H2,1-2H3/q+2. The molecule has 0 atom stereocenters. The van der Waals surface area contributed by atoms with Gasteiger partial charge in [0.2, 0.25) is 0 Å². The lowest BCUT2D eigenvalue weighted by molar-refractivity contribution is -0.684. The van der Waals surface area contributed by atoms with Crippen LogP contribution in [0.4, 0.5) is 0 Å². The predicted molar refractivity (Wildman–Crippen MR) is 101 cm³/mol. The van der Waals surface area contributed by atoms with E-state index >= 15 is 0 Å². The number of para-hydroxylation sites is 4. The number of aryl methyl sites for hydroxylation is 2. The van der Waals surface area contributed by atoms with E-state index in [-0.39, 0.29) is 0 Å². The molecule has 24 heavy (non-hydrogen) atoms.